The molecule has 112 valence electrons. The second kappa shape index (κ2) is 5.27. The molecule has 0 radical (unpaired) electrons. The highest BCUT2D eigenvalue weighted by atomic mass is 19.3. The number of aromatic amines is 1. The van der Waals surface area contributed by atoms with E-state index >= 15 is 0 Å². The minimum absolute atomic E-state index is 0.160. The number of alkyl halides is 2. The molecule has 2 heterocycles. The molecule has 0 saturated carbocycles. The van der Waals surface area contributed by atoms with E-state index in [9.17, 15) is 18.9 Å². The average molecular weight is 307 g/mol. The van der Waals surface area contributed by atoms with Gasteiger partial charge < -0.3 is 0 Å². The van der Waals surface area contributed by atoms with Crippen LogP contribution in [0.1, 0.15) is 12.0 Å². The van der Waals surface area contributed by atoms with Crippen LogP contribution < -0.4 is 0 Å². The summed E-state index contributed by atoms with van der Waals surface area (Å²) in [6.45, 7) is 0. The topological polar surface area (TPSA) is 115 Å². The Morgan fingerprint density at radius 1 is 1.36 bits per heavy atom. The number of H-pyrrole nitrogens is 1. The molecule has 0 aliphatic rings. The van der Waals surface area contributed by atoms with Gasteiger partial charge >= 0.3 is 0 Å². The highest BCUT2D eigenvalue weighted by Crippen LogP contribution is 2.28. The minimum Gasteiger partial charge on any atom is -0.258 e. The first kappa shape index (κ1) is 13.7. The molecule has 3 aromatic rings. The van der Waals surface area contributed by atoms with Gasteiger partial charge in [0.15, 0.2) is 5.82 Å². The summed E-state index contributed by atoms with van der Waals surface area (Å²) in [5, 5.41) is 27.7. The number of tetrazole rings is 1. The number of hydrogen-bond acceptors (Lipinski definition) is 6. The Kier molecular flexibility index (Phi) is 3.29. The zero-order valence-electron chi connectivity index (χ0n) is 10.7. The number of halogens is 2. The van der Waals surface area contributed by atoms with Crippen molar-refractivity contribution in [1.82, 2.24) is 30.4 Å². The summed E-state index contributed by atoms with van der Waals surface area (Å²) in [6.07, 6.45) is -0.504. The number of nitro groups is 1. The summed E-state index contributed by atoms with van der Waals surface area (Å²) < 4.78 is 26.5. The maximum absolute atomic E-state index is 12.7. The molecule has 0 bridgehead atoms. The van der Waals surface area contributed by atoms with Crippen LogP contribution in [0.25, 0.3) is 17.1 Å². The van der Waals surface area contributed by atoms with Crippen LogP contribution in [0.4, 0.5) is 14.5 Å². The fraction of sp³-hybridized carbons (Fsp3) is 0.0909. The van der Waals surface area contributed by atoms with E-state index in [4.69, 9.17) is 0 Å². The zero-order valence-corrected chi connectivity index (χ0v) is 10.7. The lowest BCUT2D eigenvalue weighted by atomic mass is 10.1. The lowest BCUT2D eigenvalue weighted by Crippen LogP contribution is -2.00. The van der Waals surface area contributed by atoms with Crippen molar-refractivity contribution in [3.63, 3.8) is 0 Å². The van der Waals surface area contributed by atoms with Crippen molar-refractivity contribution in [1.29, 1.82) is 0 Å². The molecule has 0 aliphatic heterocycles. The highest BCUT2D eigenvalue weighted by molar-refractivity contribution is 5.69. The van der Waals surface area contributed by atoms with Gasteiger partial charge in [-0.25, -0.2) is 18.6 Å². The lowest BCUT2D eigenvalue weighted by molar-refractivity contribution is -0.384. The molecule has 0 unspecified atom stereocenters. The van der Waals surface area contributed by atoms with Gasteiger partial charge in [0.2, 0.25) is 0 Å². The van der Waals surface area contributed by atoms with Crippen LogP contribution in [-0.4, -0.2) is 35.3 Å². The Labute approximate surface area is 120 Å². The fourth-order valence-electron chi connectivity index (χ4n) is 1.88. The number of nitrogens with zero attached hydrogens (tertiary/aromatic N) is 6. The second-order valence-electron chi connectivity index (χ2n) is 4.23. The number of aromatic nitrogens is 6. The Balaban J connectivity index is 2.15. The summed E-state index contributed by atoms with van der Waals surface area (Å²) in [5.74, 6) is 0.160. The third-order valence-electron chi connectivity index (χ3n) is 2.89. The molecular formula is C11H7F2N7O2. The predicted molar refractivity (Wildman–Crippen MR) is 68.3 cm³/mol. The van der Waals surface area contributed by atoms with E-state index in [0.29, 0.717) is 5.69 Å². The van der Waals surface area contributed by atoms with Crippen molar-refractivity contribution in [3.05, 3.63) is 46.3 Å². The molecule has 0 saturated heterocycles. The number of benzene rings is 1. The van der Waals surface area contributed by atoms with Gasteiger partial charge in [0.05, 0.1) is 27.9 Å². The van der Waals surface area contributed by atoms with Crippen molar-refractivity contribution < 1.29 is 13.7 Å². The van der Waals surface area contributed by atoms with Crippen LogP contribution in [0.15, 0.2) is 30.6 Å². The van der Waals surface area contributed by atoms with Crippen molar-refractivity contribution in [2.75, 3.05) is 0 Å². The average Bonchev–Trinajstić information content (AvgIpc) is 3.18. The molecule has 0 aliphatic carbocycles. The minimum atomic E-state index is -2.66. The van der Waals surface area contributed by atoms with Crippen molar-refractivity contribution >= 4 is 5.69 Å². The van der Waals surface area contributed by atoms with Crippen LogP contribution in [0, 0.1) is 10.1 Å². The van der Waals surface area contributed by atoms with Crippen molar-refractivity contribution in [2.24, 2.45) is 0 Å². The molecule has 0 fully saturated rings. The normalized spacial score (nSPS) is 11.0. The van der Waals surface area contributed by atoms with Crippen LogP contribution in [0.2, 0.25) is 0 Å². The number of nitrogens with one attached hydrogen (secondary N) is 1. The Bertz CT molecular complexity index is 816. The number of hydrogen-bond donors (Lipinski definition) is 1. The molecular weight excluding hydrogens is 300 g/mol. The van der Waals surface area contributed by atoms with Crippen LogP contribution in [0.3, 0.4) is 0 Å². The lowest BCUT2D eigenvalue weighted by Gasteiger charge is -2.06. The van der Waals surface area contributed by atoms with Gasteiger partial charge in [-0.15, -0.1) is 5.10 Å². The molecule has 9 nitrogen and oxygen atoms in total. The standard InChI is InChI=1S/C11H7F2N7O2/c12-10(13)6-4-14-19(5-6)9-2-1-7(20(21)22)3-8(9)11-15-17-18-16-11/h1-5,10H,(H,15,16,17,18). The van der Waals surface area contributed by atoms with E-state index in [1.807, 2.05) is 0 Å². The SMILES string of the molecule is O=[N+]([O-])c1ccc(-n2cc(C(F)F)cn2)c(-c2nnn[nH]2)c1. The highest BCUT2D eigenvalue weighted by Gasteiger charge is 2.18. The Morgan fingerprint density at radius 2 is 2.18 bits per heavy atom. The molecule has 1 aromatic carbocycles. The summed E-state index contributed by atoms with van der Waals surface area (Å²) >= 11 is 0. The molecule has 0 atom stereocenters. The van der Waals surface area contributed by atoms with Gasteiger partial charge in [-0.05, 0) is 16.5 Å². The molecule has 0 spiro atoms. The summed E-state index contributed by atoms with van der Waals surface area (Å²) in [6, 6.07) is 3.87. The summed E-state index contributed by atoms with van der Waals surface area (Å²) in [4.78, 5) is 10.3. The summed E-state index contributed by atoms with van der Waals surface area (Å²) in [7, 11) is 0. The number of rotatable bonds is 4. The van der Waals surface area contributed by atoms with Gasteiger partial charge in [0.25, 0.3) is 12.1 Å². The van der Waals surface area contributed by atoms with Gasteiger partial charge in [-0.1, -0.05) is 0 Å². The van der Waals surface area contributed by atoms with Crippen LogP contribution >= 0.6 is 0 Å². The smallest absolute Gasteiger partial charge is 0.258 e. The molecule has 2 aromatic heterocycles. The third kappa shape index (κ3) is 2.39. The van der Waals surface area contributed by atoms with Crippen LogP contribution in [0.5, 0.6) is 0 Å². The van der Waals surface area contributed by atoms with E-state index in [2.05, 4.69) is 25.7 Å². The zero-order chi connectivity index (χ0) is 15.7. The van der Waals surface area contributed by atoms with E-state index in [-0.39, 0.29) is 22.6 Å². The summed E-state index contributed by atoms with van der Waals surface area (Å²) in [5.41, 5.74) is 0.149. The first-order valence-corrected chi connectivity index (χ1v) is 5.92. The van der Waals surface area contributed by atoms with Crippen LogP contribution in [-0.2, 0) is 0 Å². The Hall–Kier alpha value is -3.24. The second-order valence-corrected chi connectivity index (χ2v) is 4.23. The van der Waals surface area contributed by atoms with Gasteiger partial charge in [0, 0.05) is 18.3 Å². The first-order valence-electron chi connectivity index (χ1n) is 5.92. The van der Waals surface area contributed by atoms with E-state index < -0.39 is 11.3 Å². The first-order chi connectivity index (χ1) is 10.6. The van der Waals surface area contributed by atoms with Gasteiger partial charge in [0.1, 0.15) is 0 Å². The van der Waals surface area contributed by atoms with E-state index in [0.717, 1.165) is 12.4 Å². The van der Waals surface area contributed by atoms with Gasteiger partial charge in [-0.3, -0.25) is 10.1 Å². The van der Waals surface area contributed by atoms with E-state index in [1.165, 1.54) is 22.9 Å². The molecule has 1 N–H and O–H groups in total. The quantitative estimate of drug-likeness (QED) is 0.581. The number of nitro benzene ring substituents is 1. The molecule has 22 heavy (non-hydrogen) atoms. The third-order valence-corrected chi connectivity index (χ3v) is 2.89. The van der Waals surface area contributed by atoms with Crippen molar-refractivity contribution in [2.45, 2.75) is 6.43 Å². The molecule has 11 heteroatoms. The maximum Gasteiger partial charge on any atom is 0.270 e. The monoisotopic (exact) mass is 307 g/mol. The molecule has 3 rings (SSSR count). The maximum atomic E-state index is 12.7. The van der Waals surface area contributed by atoms with E-state index in [1.54, 1.807) is 0 Å². The Morgan fingerprint density at radius 3 is 2.77 bits per heavy atom. The fourth-order valence-corrected chi connectivity index (χ4v) is 1.88. The number of non-ortho nitro benzene ring substituents is 1. The van der Waals surface area contributed by atoms with Crippen molar-refractivity contribution in [3.8, 4) is 17.1 Å². The molecule has 0 amide bonds. The largest absolute Gasteiger partial charge is 0.270 e. The predicted octanol–water partition coefficient (Wildman–Crippen LogP) is 1.90. The van der Waals surface area contributed by atoms with Gasteiger partial charge in [-0.2, -0.15) is 5.10 Å².